The molecule has 0 saturated heterocycles. The monoisotopic (exact) mass is 487 g/mol. The summed E-state index contributed by atoms with van der Waals surface area (Å²) in [6, 6.07) is 16.1. The SMILES string of the molecule is [C-]#[N+]c1cccc(-c2nc(N)n3nc(Cn4nnnc4-c4ccccn4)nc3c2-c2ccnc(N)c2)c1. The fraction of sp³-hybridized carbons (Fsp3) is 0.0417. The second kappa shape index (κ2) is 8.78. The minimum absolute atomic E-state index is 0.129. The van der Waals surface area contributed by atoms with Gasteiger partial charge in [-0.1, -0.05) is 24.3 Å². The number of nitrogens with two attached hydrogens (primary N) is 2. The Morgan fingerprint density at radius 3 is 2.65 bits per heavy atom. The van der Waals surface area contributed by atoms with Crippen molar-refractivity contribution in [1.29, 1.82) is 0 Å². The maximum Gasteiger partial charge on any atom is 0.223 e. The molecule has 0 aliphatic rings. The Kier molecular flexibility index (Phi) is 5.16. The topological polar surface area (TPSA) is 169 Å². The summed E-state index contributed by atoms with van der Waals surface area (Å²) >= 11 is 0. The summed E-state index contributed by atoms with van der Waals surface area (Å²) in [6.45, 7) is 7.57. The van der Waals surface area contributed by atoms with Gasteiger partial charge in [-0.25, -0.2) is 24.5 Å². The van der Waals surface area contributed by atoms with Crippen LogP contribution in [0.2, 0.25) is 0 Å². The van der Waals surface area contributed by atoms with Gasteiger partial charge in [0.15, 0.2) is 17.2 Å². The van der Waals surface area contributed by atoms with Gasteiger partial charge in [0.05, 0.1) is 17.8 Å². The third-order valence-electron chi connectivity index (χ3n) is 5.59. The second-order valence-electron chi connectivity index (χ2n) is 7.96. The van der Waals surface area contributed by atoms with Gasteiger partial charge in [0.1, 0.15) is 18.1 Å². The number of hydrogen-bond donors (Lipinski definition) is 2. The molecule has 0 aliphatic carbocycles. The summed E-state index contributed by atoms with van der Waals surface area (Å²) in [5.74, 6) is 1.35. The van der Waals surface area contributed by atoms with Gasteiger partial charge in [-0.15, -0.1) is 10.2 Å². The van der Waals surface area contributed by atoms with Crippen LogP contribution in [-0.4, -0.2) is 49.8 Å². The molecule has 37 heavy (non-hydrogen) atoms. The molecule has 178 valence electrons. The Balaban J connectivity index is 1.54. The van der Waals surface area contributed by atoms with E-state index in [1.807, 2.05) is 24.3 Å². The van der Waals surface area contributed by atoms with E-state index in [1.165, 1.54) is 4.52 Å². The molecule has 0 saturated carbocycles. The number of benzene rings is 1. The first kappa shape index (κ1) is 21.7. The molecule has 13 heteroatoms. The first-order valence-corrected chi connectivity index (χ1v) is 11.0. The molecule has 13 nitrogen and oxygen atoms in total. The molecule has 5 heterocycles. The van der Waals surface area contributed by atoms with E-state index in [4.69, 9.17) is 23.0 Å². The maximum absolute atomic E-state index is 7.40. The Hall–Kier alpha value is -5.77. The van der Waals surface area contributed by atoms with E-state index < -0.39 is 0 Å². The van der Waals surface area contributed by atoms with Gasteiger partial charge < -0.3 is 11.5 Å². The summed E-state index contributed by atoms with van der Waals surface area (Å²) < 4.78 is 3.03. The number of pyridine rings is 2. The van der Waals surface area contributed by atoms with Crippen molar-refractivity contribution in [2.75, 3.05) is 11.5 Å². The summed E-state index contributed by atoms with van der Waals surface area (Å²) in [5.41, 5.74) is 16.5. The van der Waals surface area contributed by atoms with E-state index in [1.54, 1.807) is 47.4 Å². The van der Waals surface area contributed by atoms with Crippen molar-refractivity contribution in [3.63, 3.8) is 0 Å². The van der Waals surface area contributed by atoms with Crippen molar-refractivity contribution in [3.05, 3.63) is 84.2 Å². The Morgan fingerprint density at radius 2 is 1.84 bits per heavy atom. The molecule has 0 unspecified atom stereocenters. The van der Waals surface area contributed by atoms with Gasteiger partial charge in [0, 0.05) is 12.4 Å². The van der Waals surface area contributed by atoms with E-state index in [-0.39, 0.29) is 12.5 Å². The van der Waals surface area contributed by atoms with E-state index in [0.717, 1.165) is 5.56 Å². The van der Waals surface area contributed by atoms with Crippen LogP contribution in [0.15, 0.2) is 67.0 Å². The first-order chi connectivity index (χ1) is 18.1. The molecule has 6 aromatic rings. The molecule has 0 fully saturated rings. The lowest BCUT2D eigenvalue weighted by molar-refractivity contribution is 0.627. The quantitative estimate of drug-likeness (QED) is 0.345. The number of nitrogens with zero attached hydrogens (tertiary/aromatic N) is 11. The average molecular weight is 487 g/mol. The predicted molar refractivity (Wildman–Crippen MR) is 135 cm³/mol. The molecule has 0 spiro atoms. The van der Waals surface area contributed by atoms with Crippen LogP contribution < -0.4 is 11.5 Å². The standard InChI is InChI=1S/C24H17N13/c1-27-16-6-4-5-15(11-16)21-20(14-8-10-29-18(25)12-14)23-30-19(33-37(23)24(26)31-21)13-36-22(32-34-35-36)17-7-2-3-9-28-17/h2-12H,13H2,(H2,25,29)(H2,26,31). The lowest BCUT2D eigenvalue weighted by Crippen LogP contribution is -2.08. The van der Waals surface area contributed by atoms with Crippen LogP contribution in [0.25, 0.3) is 44.4 Å². The van der Waals surface area contributed by atoms with Crippen LogP contribution in [0.1, 0.15) is 5.82 Å². The normalized spacial score (nSPS) is 11.0. The third kappa shape index (κ3) is 3.94. The minimum atomic E-state index is 0.129. The van der Waals surface area contributed by atoms with Crippen molar-refractivity contribution in [1.82, 2.24) is 49.8 Å². The number of aromatic nitrogens is 10. The van der Waals surface area contributed by atoms with Gasteiger partial charge in [-0.2, -0.15) is 4.52 Å². The highest BCUT2D eigenvalue weighted by molar-refractivity contribution is 5.91. The van der Waals surface area contributed by atoms with Crippen LogP contribution in [0, 0.1) is 6.57 Å². The smallest absolute Gasteiger partial charge is 0.223 e. The number of rotatable bonds is 5. The average Bonchev–Trinajstić information content (AvgIpc) is 3.57. The van der Waals surface area contributed by atoms with E-state index in [0.29, 0.717) is 51.3 Å². The number of tetrazole rings is 1. The van der Waals surface area contributed by atoms with Crippen LogP contribution >= 0.6 is 0 Å². The fourth-order valence-electron chi connectivity index (χ4n) is 3.99. The molecule has 5 aromatic heterocycles. The first-order valence-electron chi connectivity index (χ1n) is 11.0. The summed E-state index contributed by atoms with van der Waals surface area (Å²) in [6.07, 6.45) is 3.27. The summed E-state index contributed by atoms with van der Waals surface area (Å²) in [4.78, 5) is 21.4. The molecule has 4 N–H and O–H groups in total. The van der Waals surface area contributed by atoms with Gasteiger partial charge >= 0.3 is 0 Å². The highest BCUT2D eigenvalue weighted by Gasteiger charge is 2.21. The highest BCUT2D eigenvalue weighted by atomic mass is 15.5. The zero-order valence-corrected chi connectivity index (χ0v) is 19.1. The largest absolute Gasteiger partial charge is 0.384 e. The second-order valence-corrected chi connectivity index (χ2v) is 7.96. The summed E-state index contributed by atoms with van der Waals surface area (Å²) in [5, 5.41) is 16.6. The zero-order chi connectivity index (χ0) is 25.4. The van der Waals surface area contributed by atoms with Gasteiger partial charge in [0.2, 0.25) is 11.8 Å². The van der Waals surface area contributed by atoms with E-state index in [2.05, 4.69) is 40.4 Å². The number of anilines is 2. The molecular weight excluding hydrogens is 470 g/mol. The Morgan fingerprint density at radius 1 is 0.919 bits per heavy atom. The molecule has 0 amide bonds. The summed E-state index contributed by atoms with van der Waals surface area (Å²) in [7, 11) is 0. The Bertz CT molecular complexity index is 1800. The lowest BCUT2D eigenvalue weighted by Gasteiger charge is -2.12. The molecule has 0 bridgehead atoms. The minimum Gasteiger partial charge on any atom is -0.384 e. The van der Waals surface area contributed by atoms with E-state index in [9.17, 15) is 0 Å². The molecular formula is C24H17N13. The number of hydrogen-bond acceptors (Lipinski definition) is 10. The van der Waals surface area contributed by atoms with Gasteiger partial charge in [-0.05, 0) is 51.9 Å². The van der Waals surface area contributed by atoms with Crippen molar-refractivity contribution < 1.29 is 0 Å². The van der Waals surface area contributed by atoms with Crippen molar-refractivity contribution in [3.8, 4) is 33.9 Å². The third-order valence-corrected chi connectivity index (χ3v) is 5.59. The highest BCUT2D eigenvalue weighted by Crippen LogP contribution is 2.36. The van der Waals surface area contributed by atoms with Crippen molar-refractivity contribution in [2.45, 2.75) is 6.54 Å². The molecule has 0 atom stereocenters. The van der Waals surface area contributed by atoms with Crippen molar-refractivity contribution in [2.24, 2.45) is 0 Å². The molecule has 0 radical (unpaired) electrons. The lowest BCUT2D eigenvalue weighted by atomic mass is 10.0. The van der Waals surface area contributed by atoms with E-state index >= 15 is 0 Å². The van der Waals surface area contributed by atoms with Crippen LogP contribution in [0.4, 0.5) is 17.5 Å². The van der Waals surface area contributed by atoms with Crippen LogP contribution in [-0.2, 0) is 6.54 Å². The molecule has 1 aromatic carbocycles. The predicted octanol–water partition coefficient (Wildman–Crippen LogP) is 2.67. The molecule has 6 rings (SSSR count). The fourth-order valence-corrected chi connectivity index (χ4v) is 3.99. The number of nitrogen functional groups attached to an aromatic ring is 2. The van der Waals surface area contributed by atoms with Gasteiger partial charge in [-0.3, -0.25) is 4.98 Å². The zero-order valence-electron chi connectivity index (χ0n) is 19.1. The number of fused-ring (bicyclic) bond motifs is 1. The van der Waals surface area contributed by atoms with Crippen LogP contribution in [0.3, 0.4) is 0 Å². The maximum atomic E-state index is 7.40. The van der Waals surface area contributed by atoms with Crippen LogP contribution in [0.5, 0.6) is 0 Å². The van der Waals surface area contributed by atoms with Gasteiger partial charge in [0.25, 0.3) is 0 Å². The Labute approximate surface area is 209 Å². The van der Waals surface area contributed by atoms with Crippen molar-refractivity contribution >= 4 is 23.1 Å². The molecule has 0 aliphatic heterocycles.